The molecule has 1 aliphatic heterocycles. The summed E-state index contributed by atoms with van der Waals surface area (Å²) in [4.78, 5) is 2.55. The minimum atomic E-state index is 0.651. The second-order valence-corrected chi connectivity index (χ2v) is 6.81. The monoisotopic (exact) mass is 270 g/mol. The molecular weight excluding hydrogens is 236 g/mol. The normalized spacial score (nSPS) is 18.6. The number of piperidine rings is 1. The molecular formula is C16H34N2O. The Bertz CT molecular complexity index is 211. The molecule has 0 radical (unpaired) electrons. The highest BCUT2D eigenvalue weighted by Crippen LogP contribution is 2.16. The van der Waals surface area contributed by atoms with Gasteiger partial charge in [0.05, 0.1) is 6.61 Å². The fourth-order valence-electron chi connectivity index (χ4n) is 2.50. The summed E-state index contributed by atoms with van der Waals surface area (Å²) in [7, 11) is 0. The maximum atomic E-state index is 5.66. The van der Waals surface area contributed by atoms with Crippen LogP contribution in [0.25, 0.3) is 0 Å². The summed E-state index contributed by atoms with van der Waals surface area (Å²) in [6.45, 7) is 16.7. The zero-order chi connectivity index (χ0) is 14.1. The zero-order valence-electron chi connectivity index (χ0n) is 13.5. The van der Waals surface area contributed by atoms with Gasteiger partial charge in [-0.05, 0) is 56.8 Å². The molecule has 0 spiro atoms. The Kier molecular flexibility index (Phi) is 8.67. The van der Waals surface area contributed by atoms with E-state index < -0.39 is 0 Å². The van der Waals surface area contributed by atoms with E-state index in [4.69, 9.17) is 4.74 Å². The van der Waals surface area contributed by atoms with E-state index in [9.17, 15) is 0 Å². The molecule has 0 atom stereocenters. The van der Waals surface area contributed by atoms with Crippen molar-refractivity contribution in [2.24, 2.45) is 17.8 Å². The van der Waals surface area contributed by atoms with E-state index in [0.29, 0.717) is 5.92 Å². The van der Waals surface area contributed by atoms with E-state index in [1.807, 2.05) is 0 Å². The van der Waals surface area contributed by atoms with Gasteiger partial charge in [0.15, 0.2) is 0 Å². The first-order chi connectivity index (χ1) is 9.08. The lowest BCUT2D eigenvalue weighted by Crippen LogP contribution is -2.39. The summed E-state index contributed by atoms with van der Waals surface area (Å²) < 4.78 is 5.66. The van der Waals surface area contributed by atoms with Crippen molar-refractivity contribution >= 4 is 0 Å². The molecule has 0 aromatic carbocycles. The fraction of sp³-hybridized carbons (Fsp3) is 1.00. The Hall–Kier alpha value is -0.120. The second-order valence-electron chi connectivity index (χ2n) is 6.81. The van der Waals surface area contributed by atoms with Gasteiger partial charge in [0.2, 0.25) is 0 Å². The Labute approximate surface area is 120 Å². The van der Waals surface area contributed by atoms with Crippen LogP contribution in [-0.2, 0) is 4.74 Å². The molecule has 1 heterocycles. The summed E-state index contributed by atoms with van der Waals surface area (Å²) in [5.41, 5.74) is 0. The van der Waals surface area contributed by atoms with Gasteiger partial charge in [-0.1, -0.05) is 27.7 Å². The van der Waals surface area contributed by atoms with Crippen LogP contribution in [0, 0.1) is 17.8 Å². The average molecular weight is 270 g/mol. The van der Waals surface area contributed by atoms with Crippen LogP contribution < -0.4 is 5.32 Å². The Morgan fingerprint density at radius 3 is 2.37 bits per heavy atom. The molecule has 0 unspecified atom stereocenters. The highest BCUT2D eigenvalue weighted by molar-refractivity contribution is 4.74. The number of nitrogens with one attached hydrogen (secondary N) is 1. The van der Waals surface area contributed by atoms with E-state index in [-0.39, 0.29) is 0 Å². The lowest BCUT2D eigenvalue weighted by Gasteiger charge is -2.32. The van der Waals surface area contributed by atoms with Gasteiger partial charge in [0.1, 0.15) is 0 Å². The van der Waals surface area contributed by atoms with Crippen LogP contribution in [0.1, 0.15) is 40.5 Å². The SMILES string of the molecule is CC(C)CNCC1CCN(CCOCC(C)C)CC1. The predicted octanol–water partition coefficient (Wildman–Crippen LogP) is 2.62. The Morgan fingerprint density at radius 1 is 1.11 bits per heavy atom. The molecule has 1 saturated heterocycles. The fourth-order valence-corrected chi connectivity index (χ4v) is 2.50. The largest absolute Gasteiger partial charge is 0.380 e. The van der Waals surface area contributed by atoms with Crippen molar-refractivity contribution in [1.82, 2.24) is 10.2 Å². The number of hydrogen-bond donors (Lipinski definition) is 1. The Morgan fingerprint density at radius 2 is 1.79 bits per heavy atom. The summed E-state index contributed by atoms with van der Waals surface area (Å²) in [5.74, 6) is 2.29. The highest BCUT2D eigenvalue weighted by atomic mass is 16.5. The molecule has 3 heteroatoms. The van der Waals surface area contributed by atoms with Gasteiger partial charge in [-0.3, -0.25) is 0 Å². The number of nitrogens with zero attached hydrogens (tertiary/aromatic N) is 1. The van der Waals surface area contributed by atoms with Crippen LogP contribution in [0.4, 0.5) is 0 Å². The number of ether oxygens (including phenoxy) is 1. The lowest BCUT2D eigenvalue weighted by molar-refractivity contribution is 0.0738. The van der Waals surface area contributed by atoms with Crippen LogP contribution in [-0.4, -0.2) is 50.8 Å². The standard InChI is InChI=1S/C16H34N2O/c1-14(2)11-17-12-16-5-7-18(8-6-16)9-10-19-13-15(3)4/h14-17H,5-13H2,1-4H3. The minimum absolute atomic E-state index is 0.651. The third kappa shape index (κ3) is 8.61. The number of hydrogen-bond acceptors (Lipinski definition) is 3. The summed E-state index contributed by atoms with van der Waals surface area (Å²) in [6.07, 6.45) is 2.69. The van der Waals surface area contributed by atoms with E-state index in [2.05, 4.69) is 37.9 Å². The van der Waals surface area contributed by atoms with Crippen LogP contribution in [0.5, 0.6) is 0 Å². The van der Waals surface area contributed by atoms with Crippen molar-refractivity contribution in [2.75, 3.05) is 45.9 Å². The highest BCUT2D eigenvalue weighted by Gasteiger charge is 2.18. The van der Waals surface area contributed by atoms with E-state index in [1.54, 1.807) is 0 Å². The first kappa shape index (κ1) is 16.9. The molecule has 0 aromatic rings. The van der Waals surface area contributed by atoms with Gasteiger partial charge < -0.3 is 15.0 Å². The maximum Gasteiger partial charge on any atom is 0.0593 e. The van der Waals surface area contributed by atoms with Gasteiger partial charge in [0, 0.05) is 13.2 Å². The van der Waals surface area contributed by atoms with Crippen LogP contribution in [0.3, 0.4) is 0 Å². The molecule has 19 heavy (non-hydrogen) atoms. The number of rotatable bonds is 9. The molecule has 3 nitrogen and oxygen atoms in total. The molecule has 114 valence electrons. The maximum absolute atomic E-state index is 5.66. The molecule has 0 amide bonds. The third-order valence-electron chi connectivity index (χ3n) is 3.70. The predicted molar refractivity (Wildman–Crippen MR) is 82.5 cm³/mol. The minimum Gasteiger partial charge on any atom is -0.380 e. The van der Waals surface area contributed by atoms with Crippen molar-refractivity contribution in [3.63, 3.8) is 0 Å². The topological polar surface area (TPSA) is 24.5 Å². The summed E-state index contributed by atoms with van der Waals surface area (Å²) in [5, 5.41) is 3.59. The molecule has 0 saturated carbocycles. The third-order valence-corrected chi connectivity index (χ3v) is 3.70. The van der Waals surface area contributed by atoms with Gasteiger partial charge >= 0.3 is 0 Å². The second kappa shape index (κ2) is 9.73. The van der Waals surface area contributed by atoms with Crippen LogP contribution in [0.2, 0.25) is 0 Å². The molecule has 1 aliphatic rings. The van der Waals surface area contributed by atoms with E-state index in [1.165, 1.54) is 32.5 Å². The Balaban J connectivity index is 1.99. The van der Waals surface area contributed by atoms with Crippen molar-refractivity contribution in [3.05, 3.63) is 0 Å². The van der Waals surface area contributed by atoms with Crippen LogP contribution in [0.15, 0.2) is 0 Å². The molecule has 1 rings (SSSR count). The molecule has 0 bridgehead atoms. The summed E-state index contributed by atoms with van der Waals surface area (Å²) in [6, 6.07) is 0. The zero-order valence-corrected chi connectivity index (χ0v) is 13.5. The van der Waals surface area contributed by atoms with Crippen molar-refractivity contribution in [3.8, 4) is 0 Å². The van der Waals surface area contributed by atoms with Crippen molar-refractivity contribution in [1.29, 1.82) is 0 Å². The van der Waals surface area contributed by atoms with E-state index >= 15 is 0 Å². The average Bonchev–Trinajstić information content (AvgIpc) is 2.36. The van der Waals surface area contributed by atoms with Gasteiger partial charge in [-0.25, -0.2) is 0 Å². The van der Waals surface area contributed by atoms with Gasteiger partial charge in [0.25, 0.3) is 0 Å². The number of likely N-dealkylation sites (tertiary alicyclic amines) is 1. The van der Waals surface area contributed by atoms with Crippen molar-refractivity contribution < 1.29 is 4.74 Å². The molecule has 0 aliphatic carbocycles. The van der Waals surface area contributed by atoms with Crippen LogP contribution >= 0.6 is 0 Å². The molecule has 1 N–H and O–H groups in total. The van der Waals surface area contributed by atoms with Gasteiger partial charge in [-0.15, -0.1) is 0 Å². The molecule has 0 aromatic heterocycles. The van der Waals surface area contributed by atoms with Gasteiger partial charge in [-0.2, -0.15) is 0 Å². The van der Waals surface area contributed by atoms with E-state index in [0.717, 1.165) is 38.1 Å². The smallest absolute Gasteiger partial charge is 0.0593 e. The lowest BCUT2D eigenvalue weighted by atomic mass is 9.96. The summed E-state index contributed by atoms with van der Waals surface area (Å²) >= 11 is 0. The first-order valence-electron chi connectivity index (χ1n) is 8.08. The quantitative estimate of drug-likeness (QED) is 0.652. The first-order valence-corrected chi connectivity index (χ1v) is 8.08. The van der Waals surface area contributed by atoms with Crippen molar-refractivity contribution in [2.45, 2.75) is 40.5 Å². The molecule has 1 fully saturated rings.